The fraction of sp³-hybridized carbons (Fsp3) is 0.839. The molecular formula is C31H49NO3. The Kier molecular flexibility index (Phi) is 6.47. The van der Waals surface area contributed by atoms with Crippen LogP contribution in [0, 0.1) is 40.4 Å². The molecule has 4 aliphatic carbocycles. The van der Waals surface area contributed by atoms with Crippen molar-refractivity contribution in [2.75, 3.05) is 6.54 Å². The van der Waals surface area contributed by atoms with Crippen LogP contribution in [0.3, 0.4) is 0 Å². The lowest BCUT2D eigenvalue weighted by molar-refractivity contribution is -0.119. The molecule has 1 aliphatic heterocycles. The Balaban J connectivity index is 1.37. The Hall–Kier alpha value is -1.29. The van der Waals surface area contributed by atoms with E-state index in [1.165, 1.54) is 37.0 Å². The van der Waals surface area contributed by atoms with Crippen LogP contribution in [0.15, 0.2) is 23.0 Å². The minimum absolute atomic E-state index is 0.0255. The van der Waals surface area contributed by atoms with E-state index in [-0.39, 0.29) is 17.6 Å². The first-order chi connectivity index (χ1) is 16.5. The van der Waals surface area contributed by atoms with Crippen LogP contribution in [0.4, 0.5) is 0 Å². The number of amides is 1. The van der Waals surface area contributed by atoms with E-state index >= 15 is 0 Å². The molecule has 0 aromatic rings. The van der Waals surface area contributed by atoms with E-state index in [0.717, 1.165) is 62.8 Å². The van der Waals surface area contributed by atoms with Crippen molar-refractivity contribution in [3.63, 3.8) is 0 Å². The maximum Gasteiger partial charge on any atom is 0.216 e. The molecule has 0 aromatic heterocycles. The van der Waals surface area contributed by atoms with Gasteiger partial charge in [0, 0.05) is 25.8 Å². The average Bonchev–Trinajstić information content (AvgIpc) is 3.25. The summed E-state index contributed by atoms with van der Waals surface area (Å²) < 4.78 is 7.04. The topological polar surface area (TPSA) is 58.6 Å². The molecule has 1 heterocycles. The van der Waals surface area contributed by atoms with Crippen molar-refractivity contribution in [3.8, 4) is 0 Å². The van der Waals surface area contributed by atoms with Gasteiger partial charge in [0.25, 0.3) is 0 Å². The SMILES string of the molecule is CC[C@@]12C[C@H]3[C@@H]4CC=C5C[C@H](O)CC[C@]5(C)[C@H]4CC[C@]3(C)[C@H]1C(C)=C(CC[C@@H](C)CNC(C)=O)O2. The first-order valence-electron chi connectivity index (χ1n) is 14.5. The highest BCUT2D eigenvalue weighted by Gasteiger charge is 2.68. The molecule has 0 bridgehead atoms. The zero-order valence-electron chi connectivity index (χ0n) is 23.1. The maximum absolute atomic E-state index is 11.3. The van der Waals surface area contributed by atoms with Crippen molar-refractivity contribution in [1.82, 2.24) is 5.32 Å². The van der Waals surface area contributed by atoms with E-state index in [1.807, 2.05) is 0 Å². The molecule has 2 N–H and O–H groups in total. The number of nitrogens with one attached hydrogen (secondary N) is 1. The number of hydrogen-bond acceptors (Lipinski definition) is 3. The van der Waals surface area contributed by atoms with Crippen molar-refractivity contribution in [1.29, 1.82) is 0 Å². The first-order valence-corrected chi connectivity index (χ1v) is 14.5. The molecular weight excluding hydrogens is 434 g/mol. The van der Waals surface area contributed by atoms with E-state index in [2.05, 4.69) is 46.0 Å². The van der Waals surface area contributed by atoms with E-state index in [4.69, 9.17) is 4.74 Å². The molecule has 196 valence electrons. The Labute approximate surface area is 213 Å². The number of carbonyl (C=O) groups is 1. The lowest BCUT2D eigenvalue weighted by Gasteiger charge is -2.57. The number of aliphatic hydroxyl groups excluding tert-OH is 1. The number of carbonyl (C=O) groups excluding carboxylic acids is 1. The molecule has 0 unspecified atom stereocenters. The van der Waals surface area contributed by atoms with Gasteiger partial charge in [0.15, 0.2) is 0 Å². The maximum atomic E-state index is 11.3. The van der Waals surface area contributed by atoms with Crippen LogP contribution in [0.2, 0.25) is 0 Å². The highest BCUT2D eigenvalue weighted by molar-refractivity contribution is 5.72. The summed E-state index contributed by atoms with van der Waals surface area (Å²) in [5.74, 6) is 4.55. The van der Waals surface area contributed by atoms with Gasteiger partial charge < -0.3 is 15.2 Å². The van der Waals surface area contributed by atoms with Gasteiger partial charge in [0.2, 0.25) is 5.91 Å². The van der Waals surface area contributed by atoms with Crippen LogP contribution < -0.4 is 5.32 Å². The number of hydrogen-bond donors (Lipinski definition) is 2. The van der Waals surface area contributed by atoms with Gasteiger partial charge in [-0.25, -0.2) is 0 Å². The van der Waals surface area contributed by atoms with Crippen molar-refractivity contribution in [2.24, 2.45) is 40.4 Å². The number of fused-ring (bicyclic) bond motifs is 7. The minimum atomic E-state index is -0.130. The zero-order valence-corrected chi connectivity index (χ0v) is 23.1. The second-order valence-corrected chi connectivity index (χ2v) is 13.5. The van der Waals surface area contributed by atoms with E-state index in [1.54, 1.807) is 12.5 Å². The molecule has 0 spiro atoms. The monoisotopic (exact) mass is 483 g/mol. The quantitative estimate of drug-likeness (QED) is 0.422. The van der Waals surface area contributed by atoms with Gasteiger partial charge in [0.1, 0.15) is 5.60 Å². The highest BCUT2D eigenvalue weighted by atomic mass is 16.5. The van der Waals surface area contributed by atoms with Gasteiger partial charge in [-0.15, -0.1) is 0 Å². The van der Waals surface area contributed by atoms with Gasteiger partial charge in [-0.05, 0) is 105 Å². The molecule has 3 fully saturated rings. The molecule has 5 aliphatic rings. The van der Waals surface area contributed by atoms with Crippen LogP contribution in [0.25, 0.3) is 0 Å². The third-order valence-corrected chi connectivity index (χ3v) is 11.6. The lowest BCUT2D eigenvalue weighted by Crippen LogP contribution is -2.50. The van der Waals surface area contributed by atoms with Crippen molar-refractivity contribution < 1.29 is 14.6 Å². The van der Waals surface area contributed by atoms with Gasteiger partial charge in [-0.1, -0.05) is 39.3 Å². The molecule has 1 amide bonds. The van der Waals surface area contributed by atoms with Crippen LogP contribution >= 0.6 is 0 Å². The number of allylic oxidation sites excluding steroid dienone is 2. The van der Waals surface area contributed by atoms with Crippen LogP contribution in [0.5, 0.6) is 0 Å². The average molecular weight is 484 g/mol. The lowest BCUT2D eigenvalue weighted by atomic mass is 9.47. The smallest absolute Gasteiger partial charge is 0.216 e. The summed E-state index contributed by atoms with van der Waals surface area (Å²) in [5.41, 5.74) is 3.68. The molecule has 0 radical (unpaired) electrons. The summed E-state index contributed by atoms with van der Waals surface area (Å²) in [6.07, 6.45) is 13.6. The third kappa shape index (κ3) is 3.92. The number of ether oxygens (including phenoxy) is 1. The normalized spacial score (nSPS) is 45.0. The molecule has 0 saturated heterocycles. The van der Waals surface area contributed by atoms with E-state index in [0.29, 0.717) is 22.7 Å². The summed E-state index contributed by atoms with van der Waals surface area (Å²) in [6.45, 7) is 14.4. The predicted octanol–water partition coefficient (Wildman–Crippen LogP) is 6.54. The fourth-order valence-corrected chi connectivity index (χ4v) is 9.77. The van der Waals surface area contributed by atoms with Crippen molar-refractivity contribution in [3.05, 3.63) is 23.0 Å². The molecule has 5 rings (SSSR count). The Morgan fingerprint density at radius 3 is 2.74 bits per heavy atom. The minimum Gasteiger partial charge on any atom is -0.491 e. The summed E-state index contributed by atoms with van der Waals surface area (Å²) in [5, 5.41) is 13.3. The van der Waals surface area contributed by atoms with Gasteiger partial charge in [-0.2, -0.15) is 0 Å². The Bertz CT molecular complexity index is 922. The Morgan fingerprint density at radius 2 is 2.03 bits per heavy atom. The number of aliphatic hydroxyl groups is 1. The predicted molar refractivity (Wildman–Crippen MR) is 140 cm³/mol. The zero-order chi connectivity index (χ0) is 25.2. The summed E-state index contributed by atoms with van der Waals surface area (Å²) in [7, 11) is 0. The van der Waals surface area contributed by atoms with Crippen molar-refractivity contribution in [2.45, 2.75) is 117 Å². The highest BCUT2D eigenvalue weighted by Crippen LogP contribution is 2.72. The van der Waals surface area contributed by atoms with Crippen molar-refractivity contribution >= 4 is 5.91 Å². The molecule has 9 atom stereocenters. The Morgan fingerprint density at radius 1 is 1.26 bits per heavy atom. The third-order valence-electron chi connectivity index (χ3n) is 11.6. The second-order valence-electron chi connectivity index (χ2n) is 13.5. The molecule has 0 aromatic carbocycles. The molecule has 3 saturated carbocycles. The summed E-state index contributed by atoms with van der Waals surface area (Å²) >= 11 is 0. The van der Waals surface area contributed by atoms with E-state index in [9.17, 15) is 9.90 Å². The fourth-order valence-electron chi connectivity index (χ4n) is 9.77. The largest absolute Gasteiger partial charge is 0.491 e. The first kappa shape index (κ1) is 25.4. The van der Waals surface area contributed by atoms with E-state index < -0.39 is 0 Å². The van der Waals surface area contributed by atoms with Crippen LogP contribution in [0.1, 0.15) is 106 Å². The second kappa shape index (κ2) is 8.92. The number of rotatable bonds is 6. The summed E-state index contributed by atoms with van der Waals surface area (Å²) in [6, 6.07) is 0. The summed E-state index contributed by atoms with van der Waals surface area (Å²) in [4.78, 5) is 11.3. The van der Waals surface area contributed by atoms with Gasteiger partial charge in [0.05, 0.1) is 11.9 Å². The molecule has 35 heavy (non-hydrogen) atoms. The van der Waals surface area contributed by atoms with Gasteiger partial charge in [-0.3, -0.25) is 4.79 Å². The van der Waals surface area contributed by atoms with Gasteiger partial charge >= 0.3 is 0 Å². The standard InChI is InChI=1S/C31H49NO3/c1-7-31-17-26-24-10-9-22-16-23(34)12-14-29(22,5)25(24)13-15-30(26,6)28(31)20(3)27(35-31)11-8-19(2)18-32-21(4)33/h9,19,23-26,28,34H,7-8,10-18H2,1-6H3,(H,32,33)/t19-,23-,24-,25+,26+,28-,29+,30+,31-/m1/s1. The molecule has 4 nitrogen and oxygen atoms in total. The molecule has 4 heteroatoms. The van der Waals surface area contributed by atoms with Crippen LogP contribution in [-0.2, 0) is 9.53 Å². The van der Waals surface area contributed by atoms with Crippen LogP contribution in [-0.4, -0.2) is 29.3 Å².